The monoisotopic (exact) mass is 532 g/mol. The van der Waals surface area contributed by atoms with E-state index in [-0.39, 0.29) is 34.3 Å². The van der Waals surface area contributed by atoms with Gasteiger partial charge in [0.05, 0.1) is 5.02 Å². The molecule has 0 spiro atoms. The molecule has 0 aliphatic heterocycles. The number of carbonyl (C=O) groups is 2. The maximum Gasteiger partial charge on any atom is 0.320 e. The topological polar surface area (TPSA) is 133 Å². The summed E-state index contributed by atoms with van der Waals surface area (Å²) in [6.07, 6.45) is 11.0. The summed E-state index contributed by atoms with van der Waals surface area (Å²) >= 11 is 6.37. The Labute approximate surface area is 225 Å². The molecule has 1 aromatic carbocycles. The van der Waals surface area contributed by atoms with E-state index in [1.807, 2.05) is 26.0 Å². The molecule has 0 saturated heterocycles. The molecular weight excluding hydrogens is 492 g/mol. The van der Waals surface area contributed by atoms with Gasteiger partial charge >= 0.3 is 5.97 Å². The molecule has 0 aromatic heterocycles. The second kappa shape index (κ2) is 13.2. The van der Waals surface area contributed by atoms with Gasteiger partial charge in [-0.1, -0.05) is 56.2 Å². The van der Waals surface area contributed by atoms with Crippen molar-refractivity contribution in [2.75, 3.05) is 6.54 Å². The number of aliphatic imine (C=N–C) groups is 1. The number of phenols is 2. The average Bonchev–Trinajstić information content (AvgIpc) is 2.86. The minimum absolute atomic E-state index is 0.0416. The molecule has 0 radical (unpaired) electrons. The van der Waals surface area contributed by atoms with Crippen LogP contribution in [0.2, 0.25) is 5.02 Å². The average molecular weight is 533 g/mol. The molecule has 0 bridgehead atoms. The quantitative estimate of drug-likeness (QED) is 0.163. The summed E-state index contributed by atoms with van der Waals surface area (Å²) in [6.45, 7) is 10.4. The van der Waals surface area contributed by atoms with Crippen molar-refractivity contribution in [1.29, 1.82) is 0 Å². The molecular formula is C29H41ClN2O5. The van der Waals surface area contributed by atoms with Crippen molar-refractivity contribution in [2.45, 2.75) is 79.2 Å². The first-order valence-corrected chi connectivity index (χ1v) is 13.3. The number of aromatic hydroxyl groups is 2. The second-order valence-electron chi connectivity index (χ2n) is 10.5. The van der Waals surface area contributed by atoms with E-state index in [1.165, 1.54) is 6.21 Å². The zero-order valence-corrected chi connectivity index (χ0v) is 23.3. The molecule has 1 aliphatic carbocycles. The van der Waals surface area contributed by atoms with Gasteiger partial charge in [0, 0.05) is 36.2 Å². The van der Waals surface area contributed by atoms with Crippen molar-refractivity contribution < 1.29 is 24.9 Å². The Balaban J connectivity index is 2.16. The summed E-state index contributed by atoms with van der Waals surface area (Å²) < 4.78 is 0. The lowest BCUT2D eigenvalue weighted by Gasteiger charge is -2.42. The van der Waals surface area contributed by atoms with Gasteiger partial charge in [0.15, 0.2) is 0 Å². The number of carboxylic acid groups (broad SMARTS) is 1. The zero-order chi connectivity index (χ0) is 27.9. The number of aliphatic carboxylic acids is 1. The number of unbranched alkanes of at least 4 members (excludes halogenated alkanes) is 1. The smallest absolute Gasteiger partial charge is 0.320 e. The number of halogens is 1. The number of allylic oxidation sites excluding steroid dienone is 4. The molecule has 5 N–H and O–H groups in total. The number of phenolic OH excluding ortho intramolecular Hbond substituents is 2. The third-order valence-electron chi connectivity index (χ3n) is 7.99. The van der Waals surface area contributed by atoms with Gasteiger partial charge in [-0.25, -0.2) is 0 Å². The highest BCUT2D eigenvalue weighted by Crippen LogP contribution is 2.45. The van der Waals surface area contributed by atoms with Gasteiger partial charge in [0.1, 0.15) is 23.3 Å². The van der Waals surface area contributed by atoms with Crippen LogP contribution in [0, 0.1) is 24.2 Å². The lowest BCUT2D eigenvalue weighted by molar-refractivity contribution is -0.138. The molecule has 7 nitrogen and oxygen atoms in total. The van der Waals surface area contributed by atoms with Gasteiger partial charge < -0.3 is 21.1 Å². The maximum absolute atomic E-state index is 12.3. The highest BCUT2D eigenvalue weighted by atomic mass is 35.5. The molecule has 4 atom stereocenters. The number of hydrogen-bond acceptors (Lipinski definition) is 6. The van der Waals surface area contributed by atoms with Crippen LogP contribution in [0.25, 0.3) is 0 Å². The number of rotatable bonds is 11. The van der Waals surface area contributed by atoms with Gasteiger partial charge in [0.25, 0.3) is 0 Å². The molecule has 1 aromatic rings. The minimum Gasteiger partial charge on any atom is -0.507 e. The van der Waals surface area contributed by atoms with Crippen molar-refractivity contribution >= 4 is 29.6 Å². The van der Waals surface area contributed by atoms with Crippen LogP contribution >= 0.6 is 11.6 Å². The predicted molar refractivity (Wildman–Crippen MR) is 149 cm³/mol. The fourth-order valence-corrected chi connectivity index (χ4v) is 4.91. The van der Waals surface area contributed by atoms with E-state index < -0.39 is 12.0 Å². The van der Waals surface area contributed by atoms with Crippen molar-refractivity contribution in [1.82, 2.24) is 0 Å². The number of carboxylic acids is 1. The van der Waals surface area contributed by atoms with E-state index in [0.29, 0.717) is 60.6 Å². The second-order valence-corrected chi connectivity index (χ2v) is 10.9. The fourth-order valence-electron chi connectivity index (χ4n) is 4.69. The predicted octanol–water partition coefficient (Wildman–Crippen LogP) is 5.75. The number of benzene rings is 1. The molecule has 2 rings (SSSR count). The minimum atomic E-state index is -1.02. The first-order chi connectivity index (χ1) is 17.3. The van der Waals surface area contributed by atoms with E-state index >= 15 is 0 Å². The Morgan fingerprint density at radius 2 is 1.95 bits per heavy atom. The maximum atomic E-state index is 12.3. The number of ketones is 1. The van der Waals surface area contributed by atoms with Gasteiger partial charge in [-0.05, 0) is 62.8 Å². The van der Waals surface area contributed by atoms with E-state index in [2.05, 4.69) is 24.9 Å². The summed E-state index contributed by atoms with van der Waals surface area (Å²) in [6, 6.07) is -0.875. The lowest BCUT2D eigenvalue weighted by atomic mass is 9.61. The Hall–Kier alpha value is -2.64. The largest absolute Gasteiger partial charge is 0.507 e. The number of carbonyl (C=O) groups excluding carboxylic acids is 1. The van der Waals surface area contributed by atoms with Crippen LogP contribution in [0.1, 0.15) is 76.5 Å². The molecule has 8 heteroatoms. The molecule has 204 valence electrons. The molecule has 0 heterocycles. The van der Waals surface area contributed by atoms with Crippen LogP contribution in [-0.4, -0.2) is 45.9 Å². The Morgan fingerprint density at radius 1 is 1.27 bits per heavy atom. The first-order valence-electron chi connectivity index (χ1n) is 12.9. The van der Waals surface area contributed by atoms with Crippen LogP contribution in [-0.2, 0) is 16.0 Å². The Morgan fingerprint density at radius 3 is 2.59 bits per heavy atom. The molecule has 1 fully saturated rings. The van der Waals surface area contributed by atoms with Crippen LogP contribution < -0.4 is 5.73 Å². The standard InChI is InChI=1S/C29H41ClN2O5/c1-17(13-14-29(5)18(2)10-12-24(33)20(29)4)9-11-21-26(34)22(19(3)25(30)27(21)35)16-32-15-7-6-8-23(31)28(36)37/h9,13-14,16,18,20,23,34-35H,6-8,10-12,15,31H2,1-5H3,(H,36,37)/b14-13+,17-9+,32-16-/t18-,20+,23+,29+/m1/s1. The lowest BCUT2D eigenvalue weighted by Crippen LogP contribution is -2.40. The third-order valence-corrected chi connectivity index (χ3v) is 8.46. The van der Waals surface area contributed by atoms with Crippen LogP contribution in [0.3, 0.4) is 0 Å². The van der Waals surface area contributed by atoms with Gasteiger partial charge in [-0.15, -0.1) is 0 Å². The van der Waals surface area contributed by atoms with E-state index in [9.17, 15) is 19.8 Å². The van der Waals surface area contributed by atoms with Crippen LogP contribution in [0.5, 0.6) is 11.5 Å². The van der Waals surface area contributed by atoms with Crippen molar-refractivity contribution in [3.63, 3.8) is 0 Å². The number of Topliss-reactive ketones (excluding diaryl/α,β-unsaturated/α-hetero) is 1. The van der Waals surface area contributed by atoms with Crippen LogP contribution in [0.4, 0.5) is 0 Å². The zero-order valence-electron chi connectivity index (χ0n) is 22.6. The fraction of sp³-hybridized carbons (Fsp3) is 0.552. The molecule has 1 aliphatic rings. The third kappa shape index (κ3) is 7.45. The number of hydrogen-bond donors (Lipinski definition) is 4. The van der Waals surface area contributed by atoms with E-state index in [1.54, 1.807) is 6.92 Å². The highest BCUT2D eigenvalue weighted by Gasteiger charge is 2.41. The Bertz CT molecular complexity index is 1090. The molecule has 0 amide bonds. The summed E-state index contributed by atoms with van der Waals surface area (Å²) in [7, 11) is 0. The first kappa shape index (κ1) is 30.6. The van der Waals surface area contributed by atoms with Crippen LogP contribution in [0.15, 0.2) is 28.8 Å². The van der Waals surface area contributed by atoms with Gasteiger partial charge in [0.2, 0.25) is 0 Å². The van der Waals surface area contributed by atoms with E-state index in [0.717, 1.165) is 12.0 Å². The molecule has 1 saturated carbocycles. The summed E-state index contributed by atoms with van der Waals surface area (Å²) in [5.74, 6) is -0.594. The van der Waals surface area contributed by atoms with Gasteiger partial charge in [-0.2, -0.15) is 0 Å². The summed E-state index contributed by atoms with van der Waals surface area (Å²) in [5.41, 5.74) is 7.52. The highest BCUT2D eigenvalue weighted by molar-refractivity contribution is 6.33. The summed E-state index contributed by atoms with van der Waals surface area (Å²) in [4.78, 5) is 27.4. The summed E-state index contributed by atoms with van der Waals surface area (Å²) in [5, 5.41) is 30.6. The van der Waals surface area contributed by atoms with E-state index in [4.69, 9.17) is 22.4 Å². The molecule has 37 heavy (non-hydrogen) atoms. The van der Waals surface area contributed by atoms with Crippen molar-refractivity contribution in [3.05, 3.63) is 45.5 Å². The number of nitrogens with two attached hydrogens (primary N) is 1. The number of nitrogens with zero attached hydrogens (tertiary/aromatic N) is 1. The van der Waals surface area contributed by atoms with Crippen molar-refractivity contribution in [3.8, 4) is 11.5 Å². The van der Waals surface area contributed by atoms with Gasteiger partial charge in [-0.3, -0.25) is 14.6 Å². The normalized spacial score (nSPS) is 23.8. The molecule has 0 unspecified atom stereocenters. The Kier molecular flexibility index (Phi) is 10.9. The van der Waals surface area contributed by atoms with Crippen molar-refractivity contribution in [2.24, 2.45) is 28.0 Å². The SMILES string of the molecule is CC(/C=C/[C@@]1(C)[C@H](C)CCC(=O)[C@@H]1C)=C\Cc1c(O)c(Cl)c(C)c(/C=N\CCCC[C@H](N)C(=O)O)c1O.